The number of pyridine rings is 3. The lowest BCUT2D eigenvalue weighted by Gasteiger charge is -2.15. The van der Waals surface area contributed by atoms with Crippen LogP contribution in [0.4, 0.5) is 0 Å². The van der Waals surface area contributed by atoms with E-state index in [1.54, 1.807) is 12.4 Å². The van der Waals surface area contributed by atoms with Crippen molar-refractivity contribution in [3.63, 3.8) is 0 Å². The largest absolute Gasteiger partial charge is 0.255 e. The summed E-state index contributed by atoms with van der Waals surface area (Å²) in [4.78, 5) is 14.1. The van der Waals surface area contributed by atoms with Gasteiger partial charge < -0.3 is 0 Å². The molecule has 0 atom stereocenters. The van der Waals surface area contributed by atoms with Gasteiger partial charge in [-0.2, -0.15) is 0 Å². The maximum atomic E-state index is 4.93. The molecule has 7 aromatic carbocycles. The topological polar surface area (TPSA) is 38.7 Å². The van der Waals surface area contributed by atoms with Crippen LogP contribution in [0.5, 0.6) is 0 Å². The van der Waals surface area contributed by atoms with Crippen LogP contribution in [0, 0.1) is 0 Å². The van der Waals surface area contributed by atoms with Gasteiger partial charge in [0, 0.05) is 12.4 Å². The van der Waals surface area contributed by atoms with E-state index >= 15 is 0 Å². The van der Waals surface area contributed by atoms with Gasteiger partial charge in [-0.25, -0.2) is 4.98 Å². The molecule has 0 amide bonds. The van der Waals surface area contributed by atoms with Crippen LogP contribution in [0.2, 0.25) is 0 Å². The molecular weight excluding hydrogens is 631 g/mol. The van der Waals surface area contributed by atoms with Crippen molar-refractivity contribution in [3.05, 3.63) is 188 Å². The van der Waals surface area contributed by atoms with Crippen molar-refractivity contribution in [2.24, 2.45) is 0 Å². The number of nitrogens with zero attached hydrogens (tertiary/aromatic N) is 3. The fraction of sp³-hybridized carbons (Fsp3) is 0. The Bertz CT molecular complexity index is 2790. The fourth-order valence-electron chi connectivity index (χ4n) is 7.55. The van der Waals surface area contributed by atoms with Crippen molar-refractivity contribution < 1.29 is 0 Å². The smallest absolute Gasteiger partial charge is 0.0900 e. The quantitative estimate of drug-likeness (QED) is 0.166. The maximum absolute atomic E-state index is 4.93. The number of hydrogen-bond donors (Lipinski definition) is 0. The van der Waals surface area contributed by atoms with Gasteiger partial charge in [-0.3, -0.25) is 9.97 Å². The Balaban J connectivity index is 0.955. The summed E-state index contributed by atoms with van der Waals surface area (Å²) in [6.07, 6.45) is 3.60. The molecule has 10 rings (SSSR count). The Morgan fingerprint density at radius 3 is 1.38 bits per heavy atom. The molecule has 52 heavy (non-hydrogen) atoms. The first-order valence-corrected chi connectivity index (χ1v) is 17.6. The monoisotopic (exact) mass is 661 g/mol. The van der Waals surface area contributed by atoms with Crippen LogP contribution in [-0.4, -0.2) is 15.0 Å². The molecule has 0 N–H and O–H groups in total. The summed E-state index contributed by atoms with van der Waals surface area (Å²) in [5.74, 6) is 0. The summed E-state index contributed by atoms with van der Waals surface area (Å²) < 4.78 is 0. The van der Waals surface area contributed by atoms with Crippen molar-refractivity contribution in [2.75, 3.05) is 0 Å². The fourth-order valence-corrected chi connectivity index (χ4v) is 7.55. The molecule has 3 heteroatoms. The molecule has 0 aliphatic carbocycles. The lowest BCUT2D eigenvalue weighted by Crippen LogP contribution is -1.93. The number of hydrogen-bond acceptors (Lipinski definition) is 3. The second kappa shape index (κ2) is 12.4. The zero-order valence-corrected chi connectivity index (χ0v) is 28.2. The van der Waals surface area contributed by atoms with E-state index < -0.39 is 0 Å². The van der Waals surface area contributed by atoms with Crippen LogP contribution >= 0.6 is 0 Å². The van der Waals surface area contributed by atoms with Crippen molar-refractivity contribution in [1.29, 1.82) is 0 Å². The van der Waals surface area contributed by atoms with E-state index in [-0.39, 0.29) is 0 Å². The average molecular weight is 662 g/mol. The first-order chi connectivity index (χ1) is 25.7. The molecule has 0 saturated heterocycles. The lowest BCUT2D eigenvalue weighted by atomic mass is 9.89. The first kappa shape index (κ1) is 29.9. The molecule has 10 aromatic rings. The normalized spacial score (nSPS) is 11.5. The third-order valence-corrected chi connectivity index (χ3v) is 10.2. The van der Waals surface area contributed by atoms with Gasteiger partial charge in [-0.1, -0.05) is 133 Å². The van der Waals surface area contributed by atoms with Crippen LogP contribution in [0.25, 0.3) is 99.6 Å². The first-order valence-electron chi connectivity index (χ1n) is 17.6. The Labute approximate surface area is 301 Å². The van der Waals surface area contributed by atoms with E-state index in [0.717, 1.165) is 33.9 Å². The third kappa shape index (κ3) is 5.28. The molecule has 0 unspecified atom stereocenters. The van der Waals surface area contributed by atoms with E-state index in [0.29, 0.717) is 0 Å². The van der Waals surface area contributed by atoms with E-state index in [2.05, 4.69) is 149 Å². The maximum Gasteiger partial charge on any atom is 0.0900 e. The van der Waals surface area contributed by atoms with Crippen LogP contribution in [-0.2, 0) is 0 Å². The highest BCUT2D eigenvalue weighted by Crippen LogP contribution is 2.40. The van der Waals surface area contributed by atoms with Gasteiger partial charge in [0.05, 0.1) is 22.8 Å². The molecule has 3 aromatic heterocycles. The van der Waals surface area contributed by atoms with E-state index in [9.17, 15) is 0 Å². The van der Waals surface area contributed by atoms with Crippen molar-refractivity contribution in [1.82, 2.24) is 15.0 Å². The molecule has 0 aliphatic rings. The summed E-state index contributed by atoms with van der Waals surface area (Å²) in [5, 5.41) is 7.86. The summed E-state index contributed by atoms with van der Waals surface area (Å²) in [5.41, 5.74) is 12.7. The summed E-state index contributed by atoms with van der Waals surface area (Å²) in [6, 6.07) is 62.8. The number of rotatable bonds is 6. The standard InChI is InChI=1S/C49H31N3/c1-3-27-50-44(11-1)46-30-41(31-47(52-46)45-12-2-4-28-51-45)35-19-15-33(16-20-35)32-13-17-34(18-14-32)39-9-6-10-40(29-39)42-25-23-38-22-21-36-7-5-8-37-24-26-43(42)49(38)48(36)37/h1-31H. The molecule has 3 nitrogen and oxygen atoms in total. The highest BCUT2D eigenvalue weighted by atomic mass is 14.8. The highest BCUT2D eigenvalue weighted by Gasteiger charge is 2.14. The van der Waals surface area contributed by atoms with Crippen molar-refractivity contribution in [2.45, 2.75) is 0 Å². The predicted molar refractivity (Wildman–Crippen MR) is 216 cm³/mol. The second-order valence-corrected chi connectivity index (χ2v) is 13.3. The Morgan fingerprint density at radius 2 is 0.788 bits per heavy atom. The van der Waals surface area contributed by atoms with E-state index in [4.69, 9.17) is 4.98 Å². The highest BCUT2D eigenvalue weighted by molar-refractivity contribution is 6.25. The third-order valence-electron chi connectivity index (χ3n) is 10.2. The SMILES string of the molecule is c1ccc(-c2cc(-c3ccc(-c4ccc(-c5cccc(-c6ccc7ccc8cccc9ccc6c7c89)c5)cc4)cc3)cc(-c3ccccn3)n2)nc1. The van der Waals surface area contributed by atoms with E-state index in [1.807, 2.05) is 36.4 Å². The van der Waals surface area contributed by atoms with Crippen molar-refractivity contribution >= 4 is 32.3 Å². The minimum absolute atomic E-state index is 0.821. The predicted octanol–water partition coefficient (Wildman–Crippen LogP) is 12.8. The Hall–Kier alpha value is -6.97. The van der Waals surface area contributed by atoms with Crippen LogP contribution < -0.4 is 0 Å². The number of benzene rings is 7. The second-order valence-electron chi connectivity index (χ2n) is 13.3. The molecule has 3 heterocycles. The lowest BCUT2D eigenvalue weighted by molar-refractivity contribution is 1.22. The molecule has 0 aliphatic heterocycles. The number of aromatic nitrogens is 3. The summed E-state index contributed by atoms with van der Waals surface area (Å²) >= 11 is 0. The summed E-state index contributed by atoms with van der Waals surface area (Å²) in [6.45, 7) is 0. The molecule has 242 valence electrons. The van der Waals surface area contributed by atoms with Gasteiger partial charge in [0.1, 0.15) is 0 Å². The van der Waals surface area contributed by atoms with Gasteiger partial charge >= 0.3 is 0 Å². The van der Waals surface area contributed by atoms with Gasteiger partial charge in [0.15, 0.2) is 0 Å². The molecule has 0 radical (unpaired) electrons. The van der Waals surface area contributed by atoms with Crippen LogP contribution in [0.3, 0.4) is 0 Å². The van der Waals surface area contributed by atoms with Crippen molar-refractivity contribution in [3.8, 4) is 67.3 Å². The minimum Gasteiger partial charge on any atom is -0.255 e. The zero-order chi connectivity index (χ0) is 34.4. The average Bonchev–Trinajstić information content (AvgIpc) is 3.23. The minimum atomic E-state index is 0.821. The van der Waals surface area contributed by atoms with Gasteiger partial charge in [-0.15, -0.1) is 0 Å². The molecule has 0 fully saturated rings. The van der Waals surface area contributed by atoms with Gasteiger partial charge in [-0.05, 0) is 119 Å². The molecule has 0 bridgehead atoms. The zero-order valence-electron chi connectivity index (χ0n) is 28.2. The van der Waals surface area contributed by atoms with E-state index in [1.165, 1.54) is 65.7 Å². The molecule has 0 spiro atoms. The van der Waals surface area contributed by atoms with Crippen LogP contribution in [0.1, 0.15) is 0 Å². The molecular formula is C49H31N3. The Kier molecular flexibility index (Phi) is 7.14. The Morgan fingerprint density at radius 1 is 0.288 bits per heavy atom. The molecule has 0 saturated carbocycles. The van der Waals surface area contributed by atoms with Gasteiger partial charge in [0.2, 0.25) is 0 Å². The van der Waals surface area contributed by atoms with Crippen LogP contribution in [0.15, 0.2) is 188 Å². The van der Waals surface area contributed by atoms with Gasteiger partial charge in [0.25, 0.3) is 0 Å². The summed E-state index contributed by atoms with van der Waals surface area (Å²) in [7, 11) is 0.